The third kappa shape index (κ3) is 6.02. The van der Waals surface area contributed by atoms with E-state index < -0.39 is 0 Å². The summed E-state index contributed by atoms with van der Waals surface area (Å²) >= 11 is 0. The van der Waals surface area contributed by atoms with Gasteiger partial charge in [-0.05, 0) is 18.9 Å². The van der Waals surface area contributed by atoms with Crippen LogP contribution in [0.5, 0.6) is 0 Å². The number of amides is 1. The van der Waals surface area contributed by atoms with Crippen molar-refractivity contribution in [3.05, 3.63) is 47.2 Å². The molecular formula is C23H30N6O3. The van der Waals surface area contributed by atoms with Crippen molar-refractivity contribution in [2.24, 2.45) is 5.10 Å². The lowest BCUT2D eigenvalue weighted by molar-refractivity contribution is -0.128. The highest BCUT2D eigenvalue weighted by Gasteiger charge is 2.25. The molecule has 2 aromatic rings. The average Bonchev–Trinajstić information content (AvgIpc) is 3.28. The molecule has 170 valence electrons. The van der Waals surface area contributed by atoms with Crippen LogP contribution in [-0.4, -0.2) is 72.5 Å². The molecule has 0 bridgehead atoms. The number of morpholine rings is 1. The molecule has 9 heteroatoms. The van der Waals surface area contributed by atoms with Gasteiger partial charge in [0.15, 0.2) is 0 Å². The Morgan fingerprint density at radius 3 is 2.88 bits per heavy atom. The first kappa shape index (κ1) is 22.2. The molecule has 1 aromatic carbocycles. The predicted molar refractivity (Wildman–Crippen MR) is 123 cm³/mol. The molecule has 32 heavy (non-hydrogen) atoms. The lowest BCUT2D eigenvalue weighted by Gasteiger charge is -2.28. The Morgan fingerprint density at radius 2 is 2.12 bits per heavy atom. The van der Waals surface area contributed by atoms with E-state index in [2.05, 4.69) is 31.5 Å². The zero-order valence-corrected chi connectivity index (χ0v) is 18.7. The second-order valence-electron chi connectivity index (χ2n) is 8.11. The summed E-state index contributed by atoms with van der Waals surface area (Å²) in [4.78, 5) is 24.8. The maximum atomic E-state index is 11.6. The summed E-state index contributed by atoms with van der Waals surface area (Å²) in [6, 6.07) is 10.1. The number of carbonyl (C=O) groups is 1. The summed E-state index contributed by atoms with van der Waals surface area (Å²) in [6.45, 7) is 8.26. The molecule has 0 radical (unpaired) electrons. The maximum absolute atomic E-state index is 11.6. The fourth-order valence-electron chi connectivity index (χ4n) is 3.83. The number of nitrogens with one attached hydrogen (secondary N) is 1. The lowest BCUT2D eigenvalue weighted by atomic mass is 10.2. The molecule has 2 fully saturated rings. The van der Waals surface area contributed by atoms with E-state index in [1.54, 1.807) is 13.1 Å². The number of hydrogen-bond acceptors (Lipinski definition) is 8. The van der Waals surface area contributed by atoms with E-state index in [4.69, 9.17) is 9.47 Å². The van der Waals surface area contributed by atoms with Gasteiger partial charge in [0, 0.05) is 39.2 Å². The summed E-state index contributed by atoms with van der Waals surface area (Å²) in [7, 11) is 0. The van der Waals surface area contributed by atoms with E-state index in [9.17, 15) is 4.79 Å². The van der Waals surface area contributed by atoms with Crippen molar-refractivity contribution in [1.29, 1.82) is 0 Å². The minimum Gasteiger partial charge on any atom is -0.378 e. The summed E-state index contributed by atoms with van der Waals surface area (Å²) in [6.07, 6.45) is 2.62. The van der Waals surface area contributed by atoms with Crippen LogP contribution in [0.2, 0.25) is 0 Å². The van der Waals surface area contributed by atoms with E-state index >= 15 is 0 Å². The topological polar surface area (TPSA) is 92.2 Å². The van der Waals surface area contributed by atoms with Gasteiger partial charge >= 0.3 is 0 Å². The van der Waals surface area contributed by atoms with Crippen molar-refractivity contribution < 1.29 is 14.3 Å². The normalized spacial score (nSPS) is 19.0. The van der Waals surface area contributed by atoms with Gasteiger partial charge in [-0.25, -0.2) is 10.4 Å². The molecule has 1 aromatic heterocycles. The molecule has 2 saturated heterocycles. The van der Waals surface area contributed by atoms with Gasteiger partial charge in [-0.15, -0.1) is 0 Å². The molecule has 4 rings (SSSR count). The smallest absolute Gasteiger partial charge is 0.245 e. The second kappa shape index (κ2) is 10.5. The number of hydrogen-bond donors (Lipinski definition) is 1. The van der Waals surface area contributed by atoms with Gasteiger partial charge in [-0.3, -0.25) is 4.79 Å². The Hall–Kier alpha value is -3.04. The zero-order chi connectivity index (χ0) is 22.3. The van der Waals surface area contributed by atoms with Crippen molar-refractivity contribution in [3.63, 3.8) is 0 Å². The van der Waals surface area contributed by atoms with E-state index in [0.717, 1.165) is 43.1 Å². The van der Waals surface area contributed by atoms with Crippen molar-refractivity contribution in [3.8, 4) is 0 Å². The number of benzene rings is 1. The first-order valence-corrected chi connectivity index (χ1v) is 11.0. The van der Waals surface area contributed by atoms with Gasteiger partial charge in [0.05, 0.1) is 37.8 Å². The Bertz CT molecular complexity index is 960. The van der Waals surface area contributed by atoms with Crippen LogP contribution in [-0.2, 0) is 20.9 Å². The molecular weight excluding hydrogens is 408 g/mol. The Labute approximate surface area is 188 Å². The molecule has 0 saturated carbocycles. The van der Waals surface area contributed by atoms with Crippen molar-refractivity contribution >= 4 is 23.9 Å². The quantitative estimate of drug-likeness (QED) is 0.523. The summed E-state index contributed by atoms with van der Waals surface area (Å²) < 4.78 is 11.5. The minimum atomic E-state index is 0.0245. The first-order valence-electron chi connectivity index (χ1n) is 11.0. The lowest BCUT2D eigenvalue weighted by Crippen LogP contribution is -2.37. The highest BCUT2D eigenvalue weighted by molar-refractivity contribution is 5.80. The Kier molecular flexibility index (Phi) is 7.28. The van der Waals surface area contributed by atoms with Crippen molar-refractivity contribution in [2.45, 2.75) is 33.0 Å². The Balaban J connectivity index is 1.45. The molecule has 2 aliphatic rings. The zero-order valence-electron chi connectivity index (χ0n) is 18.7. The number of ether oxygens (including phenoxy) is 2. The molecule has 3 heterocycles. The van der Waals surface area contributed by atoms with E-state index in [-0.39, 0.29) is 12.0 Å². The van der Waals surface area contributed by atoms with Crippen LogP contribution in [0.3, 0.4) is 0 Å². The molecule has 9 nitrogen and oxygen atoms in total. The fraction of sp³-hybridized carbons (Fsp3) is 0.478. The molecule has 1 amide bonds. The number of hydrazone groups is 1. The molecule has 2 aliphatic heterocycles. The summed E-state index contributed by atoms with van der Waals surface area (Å²) in [5, 5.41) is 4.32. The summed E-state index contributed by atoms with van der Waals surface area (Å²) in [5.74, 6) is 1.34. The molecule has 1 N–H and O–H groups in total. The third-order valence-corrected chi connectivity index (χ3v) is 5.58. The largest absolute Gasteiger partial charge is 0.378 e. The second-order valence-corrected chi connectivity index (χ2v) is 8.11. The van der Waals surface area contributed by atoms with Crippen LogP contribution >= 0.6 is 0 Å². The van der Waals surface area contributed by atoms with Gasteiger partial charge in [0.1, 0.15) is 5.82 Å². The minimum absolute atomic E-state index is 0.0245. The first-order chi connectivity index (χ1) is 15.6. The van der Waals surface area contributed by atoms with Crippen LogP contribution in [0.15, 0.2) is 35.4 Å². The van der Waals surface area contributed by atoms with Gasteiger partial charge in [-0.2, -0.15) is 10.1 Å². The number of likely N-dealkylation sites (tertiary alicyclic amines) is 1. The van der Waals surface area contributed by atoms with Gasteiger partial charge in [0.2, 0.25) is 11.9 Å². The van der Waals surface area contributed by atoms with Crippen molar-refractivity contribution in [1.82, 2.24) is 14.9 Å². The average molecular weight is 439 g/mol. The molecule has 0 spiro atoms. The predicted octanol–water partition coefficient (Wildman–Crippen LogP) is 2.21. The standard InChI is InChI=1S/C23H30N6O3/c1-17-4-3-5-19(12-17)14-24-27-23-25-20(13-22(26-23)28-8-10-31-11-9-28)16-32-21-6-7-29(15-21)18(2)30/h3-5,12-14,21H,6-11,15-16H2,1-2H3,(H,25,26,27). The van der Waals surface area contributed by atoms with E-state index in [1.165, 1.54) is 5.56 Å². The number of carbonyl (C=O) groups excluding carboxylic acids is 1. The Morgan fingerprint density at radius 1 is 1.28 bits per heavy atom. The third-order valence-electron chi connectivity index (χ3n) is 5.58. The van der Waals surface area contributed by atoms with Crippen LogP contribution in [0.4, 0.5) is 11.8 Å². The number of aromatic nitrogens is 2. The van der Waals surface area contributed by atoms with Crippen LogP contribution in [0, 0.1) is 6.92 Å². The highest BCUT2D eigenvalue weighted by Crippen LogP contribution is 2.19. The van der Waals surface area contributed by atoms with Gasteiger partial charge < -0.3 is 19.3 Å². The van der Waals surface area contributed by atoms with Crippen molar-refractivity contribution in [2.75, 3.05) is 49.7 Å². The number of rotatable bonds is 7. The van der Waals surface area contributed by atoms with Crippen LogP contribution in [0.25, 0.3) is 0 Å². The maximum Gasteiger partial charge on any atom is 0.245 e. The fourth-order valence-corrected chi connectivity index (χ4v) is 3.83. The van der Waals surface area contributed by atoms with Gasteiger partial charge in [-0.1, -0.05) is 29.8 Å². The SMILES string of the molecule is CC(=O)N1CCC(OCc2cc(N3CCOCC3)nc(NN=Cc3cccc(C)c3)n2)C1. The molecule has 0 aliphatic carbocycles. The van der Waals surface area contributed by atoms with Gasteiger partial charge in [0.25, 0.3) is 0 Å². The van der Waals surface area contributed by atoms with Crippen LogP contribution < -0.4 is 10.3 Å². The molecule has 1 unspecified atom stereocenters. The number of aryl methyl sites for hydroxylation is 1. The highest BCUT2D eigenvalue weighted by atomic mass is 16.5. The van der Waals surface area contributed by atoms with E-state index in [0.29, 0.717) is 32.3 Å². The number of anilines is 2. The molecule has 1 atom stereocenters. The monoisotopic (exact) mass is 438 g/mol. The van der Waals surface area contributed by atoms with Crippen LogP contribution in [0.1, 0.15) is 30.2 Å². The van der Waals surface area contributed by atoms with E-state index in [1.807, 2.05) is 36.1 Å². The summed E-state index contributed by atoms with van der Waals surface area (Å²) in [5.41, 5.74) is 5.91. The number of nitrogens with zero attached hydrogens (tertiary/aromatic N) is 5.